The molecule has 0 aromatic carbocycles. The van der Waals surface area contributed by atoms with Crippen LogP contribution < -0.4 is 5.73 Å². The van der Waals surface area contributed by atoms with Crippen LogP contribution in [-0.2, 0) is 9.53 Å². The second-order valence-electron chi connectivity index (χ2n) is 5.55. The van der Waals surface area contributed by atoms with Crippen LogP contribution in [0.4, 0.5) is 0 Å². The highest BCUT2D eigenvalue weighted by Gasteiger charge is 2.44. The quantitative estimate of drug-likeness (QED) is 0.801. The summed E-state index contributed by atoms with van der Waals surface area (Å²) in [6.07, 6.45) is 8.95. The van der Waals surface area contributed by atoms with Gasteiger partial charge < -0.3 is 10.5 Å². The molecule has 2 N–H and O–H groups in total. The average Bonchev–Trinajstić information content (AvgIpc) is 2.59. The van der Waals surface area contributed by atoms with Gasteiger partial charge in [-0.05, 0) is 38.2 Å². The molecule has 3 nitrogen and oxygen atoms in total. The molecular formula is C14H23NO2. The predicted molar refractivity (Wildman–Crippen MR) is 67.7 cm³/mol. The second kappa shape index (κ2) is 5.32. The molecule has 0 amide bonds. The van der Waals surface area contributed by atoms with Crippen molar-refractivity contribution in [2.24, 2.45) is 11.1 Å². The van der Waals surface area contributed by atoms with Gasteiger partial charge in [0.2, 0.25) is 0 Å². The van der Waals surface area contributed by atoms with E-state index in [1.807, 2.05) is 6.92 Å². The first kappa shape index (κ1) is 12.8. The van der Waals surface area contributed by atoms with Gasteiger partial charge in [0.15, 0.2) is 5.78 Å². The summed E-state index contributed by atoms with van der Waals surface area (Å²) in [5.41, 5.74) is 6.52. The summed E-state index contributed by atoms with van der Waals surface area (Å²) in [7, 11) is 0. The molecule has 1 saturated heterocycles. The summed E-state index contributed by atoms with van der Waals surface area (Å²) >= 11 is 0. The summed E-state index contributed by atoms with van der Waals surface area (Å²) < 4.78 is 5.37. The van der Waals surface area contributed by atoms with Crippen molar-refractivity contribution < 1.29 is 9.53 Å². The molecule has 2 atom stereocenters. The Morgan fingerprint density at radius 2 is 2.18 bits per heavy atom. The lowest BCUT2D eigenvalue weighted by atomic mass is 9.76. The Balaban J connectivity index is 2.12. The Morgan fingerprint density at radius 1 is 1.41 bits per heavy atom. The Hall–Kier alpha value is -0.670. The lowest BCUT2D eigenvalue weighted by Crippen LogP contribution is -2.45. The van der Waals surface area contributed by atoms with E-state index in [0.29, 0.717) is 13.2 Å². The molecule has 1 aliphatic carbocycles. The van der Waals surface area contributed by atoms with E-state index in [2.05, 4.69) is 6.08 Å². The van der Waals surface area contributed by atoms with Gasteiger partial charge in [0.25, 0.3) is 0 Å². The third kappa shape index (κ3) is 2.61. The molecule has 0 saturated carbocycles. The minimum Gasteiger partial charge on any atom is -0.379 e. The Labute approximate surface area is 103 Å². The van der Waals surface area contributed by atoms with Gasteiger partial charge in [-0.3, -0.25) is 4.79 Å². The minimum atomic E-state index is -0.495. The molecular weight excluding hydrogens is 214 g/mol. The number of hydrogen-bond acceptors (Lipinski definition) is 3. The minimum absolute atomic E-state index is 0.152. The first-order valence-electron chi connectivity index (χ1n) is 6.72. The number of ketones is 1. The molecule has 1 heterocycles. The van der Waals surface area contributed by atoms with Gasteiger partial charge in [0.1, 0.15) is 0 Å². The second-order valence-corrected chi connectivity index (χ2v) is 5.55. The maximum Gasteiger partial charge on any atom is 0.168 e. The van der Waals surface area contributed by atoms with E-state index in [4.69, 9.17) is 10.5 Å². The van der Waals surface area contributed by atoms with Crippen molar-refractivity contribution in [2.45, 2.75) is 51.5 Å². The highest BCUT2D eigenvalue weighted by molar-refractivity contribution is 6.00. The maximum atomic E-state index is 12.6. The first-order valence-corrected chi connectivity index (χ1v) is 6.72. The number of rotatable bonds is 2. The van der Waals surface area contributed by atoms with Gasteiger partial charge in [0.05, 0.1) is 18.6 Å². The molecule has 2 aliphatic rings. The fraction of sp³-hybridized carbons (Fsp3) is 0.786. The lowest BCUT2D eigenvalue weighted by Gasteiger charge is -2.27. The molecule has 96 valence electrons. The highest BCUT2D eigenvalue weighted by Crippen LogP contribution is 2.33. The number of carbonyl (C=O) groups excluding carboxylic acids is 1. The van der Waals surface area contributed by atoms with Crippen molar-refractivity contribution in [3.63, 3.8) is 0 Å². The zero-order valence-electron chi connectivity index (χ0n) is 10.7. The third-order valence-electron chi connectivity index (χ3n) is 4.12. The van der Waals surface area contributed by atoms with Crippen LogP contribution in [0.3, 0.4) is 0 Å². The van der Waals surface area contributed by atoms with Gasteiger partial charge in [-0.2, -0.15) is 0 Å². The summed E-state index contributed by atoms with van der Waals surface area (Å²) in [4.78, 5) is 12.6. The van der Waals surface area contributed by atoms with Crippen LogP contribution in [0.1, 0.15) is 45.4 Å². The largest absolute Gasteiger partial charge is 0.379 e. The molecule has 0 radical (unpaired) electrons. The van der Waals surface area contributed by atoms with E-state index in [0.717, 1.165) is 24.8 Å². The standard InChI is InChI=1S/C14H23NO2/c1-14(10-17-9-12(14)15)13(16)11-7-5-3-2-4-6-8-11/h7,12H,2-6,8-10,15H2,1H3. The molecule has 0 bridgehead atoms. The van der Waals surface area contributed by atoms with Gasteiger partial charge in [0, 0.05) is 6.04 Å². The fourth-order valence-electron chi connectivity index (χ4n) is 2.69. The van der Waals surface area contributed by atoms with Crippen molar-refractivity contribution in [3.05, 3.63) is 11.6 Å². The molecule has 2 unspecified atom stereocenters. The Bertz CT molecular complexity index is 324. The normalized spacial score (nSPS) is 34.9. The van der Waals surface area contributed by atoms with Gasteiger partial charge in [-0.1, -0.05) is 18.9 Å². The van der Waals surface area contributed by atoms with E-state index in [1.54, 1.807) is 0 Å². The van der Waals surface area contributed by atoms with Gasteiger partial charge >= 0.3 is 0 Å². The molecule has 0 spiro atoms. The number of Topliss-reactive ketones (excluding diaryl/α,β-unsaturated/α-hetero) is 1. The molecule has 2 rings (SSSR count). The monoisotopic (exact) mass is 237 g/mol. The van der Waals surface area contributed by atoms with Crippen molar-refractivity contribution in [2.75, 3.05) is 13.2 Å². The van der Waals surface area contributed by atoms with Crippen molar-refractivity contribution in [3.8, 4) is 0 Å². The molecule has 17 heavy (non-hydrogen) atoms. The van der Waals surface area contributed by atoms with E-state index < -0.39 is 5.41 Å². The fourth-order valence-corrected chi connectivity index (χ4v) is 2.69. The summed E-state index contributed by atoms with van der Waals surface area (Å²) in [6.45, 7) is 2.94. The molecule has 0 aromatic heterocycles. The zero-order chi connectivity index (χ0) is 12.3. The van der Waals surface area contributed by atoms with Crippen LogP contribution in [-0.4, -0.2) is 25.0 Å². The summed E-state index contributed by atoms with van der Waals surface area (Å²) in [5.74, 6) is 0.226. The van der Waals surface area contributed by atoms with E-state index in [-0.39, 0.29) is 11.8 Å². The third-order valence-corrected chi connectivity index (χ3v) is 4.12. The SMILES string of the molecule is CC1(C(=O)C2=CCCCCCC2)COCC1N. The number of ether oxygens (including phenoxy) is 1. The van der Waals surface area contributed by atoms with Gasteiger partial charge in [-0.15, -0.1) is 0 Å². The van der Waals surface area contributed by atoms with E-state index in [1.165, 1.54) is 19.3 Å². The number of carbonyl (C=O) groups is 1. The zero-order valence-corrected chi connectivity index (χ0v) is 10.7. The molecule has 0 aromatic rings. The number of allylic oxidation sites excluding steroid dienone is 2. The predicted octanol–water partition coefficient (Wildman–Crippen LogP) is 2.20. The average molecular weight is 237 g/mol. The molecule has 1 aliphatic heterocycles. The van der Waals surface area contributed by atoms with Crippen LogP contribution in [0.25, 0.3) is 0 Å². The van der Waals surface area contributed by atoms with Crippen LogP contribution in [0.15, 0.2) is 11.6 Å². The smallest absolute Gasteiger partial charge is 0.168 e. The van der Waals surface area contributed by atoms with E-state index in [9.17, 15) is 4.79 Å². The van der Waals surface area contributed by atoms with Crippen molar-refractivity contribution in [1.82, 2.24) is 0 Å². The molecule has 1 fully saturated rings. The van der Waals surface area contributed by atoms with Gasteiger partial charge in [-0.25, -0.2) is 0 Å². The van der Waals surface area contributed by atoms with Crippen LogP contribution in [0.2, 0.25) is 0 Å². The van der Waals surface area contributed by atoms with Crippen molar-refractivity contribution in [1.29, 1.82) is 0 Å². The Kier molecular flexibility index (Phi) is 4.00. The van der Waals surface area contributed by atoms with Crippen LogP contribution >= 0.6 is 0 Å². The number of hydrogen-bond donors (Lipinski definition) is 1. The summed E-state index contributed by atoms with van der Waals surface area (Å²) in [6, 6.07) is -0.152. The maximum absolute atomic E-state index is 12.6. The highest BCUT2D eigenvalue weighted by atomic mass is 16.5. The lowest BCUT2D eigenvalue weighted by molar-refractivity contribution is -0.124. The Morgan fingerprint density at radius 3 is 2.88 bits per heavy atom. The first-order chi connectivity index (χ1) is 8.14. The van der Waals surface area contributed by atoms with Crippen LogP contribution in [0, 0.1) is 5.41 Å². The van der Waals surface area contributed by atoms with Crippen molar-refractivity contribution >= 4 is 5.78 Å². The topological polar surface area (TPSA) is 52.3 Å². The van der Waals surface area contributed by atoms with E-state index >= 15 is 0 Å². The summed E-state index contributed by atoms with van der Waals surface area (Å²) in [5, 5.41) is 0. The number of nitrogens with two attached hydrogens (primary N) is 1. The molecule has 3 heteroatoms. The van der Waals surface area contributed by atoms with Crippen LogP contribution in [0.5, 0.6) is 0 Å².